The van der Waals surface area contributed by atoms with Crippen LogP contribution < -0.4 is 16.2 Å². The van der Waals surface area contributed by atoms with Gasteiger partial charge in [-0.1, -0.05) is 6.92 Å². The quantitative estimate of drug-likeness (QED) is 0.247. The van der Waals surface area contributed by atoms with Crippen LogP contribution in [0.5, 0.6) is 11.5 Å². The minimum atomic E-state index is 0.354. The number of nitrogens with two attached hydrogens (primary N) is 2. The zero-order chi connectivity index (χ0) is 24.6. The van der Waals surface area contributed by atoms with Crippen molar-refractivity contribution in [3.8, 4) is 22.9 Å². The highest BCUT2D eigenvalue weighted by atomic mass is 16.5. The van der Waals surface area contributed by atoms with E-state index >= 15 is 0 Å². The summed E-state index contributed by atoms with van der Waals surface area (Å²) in [5.41, 5.74) is 20.6. The van der Waals surface area contributed by atoms with Gasteiger partial charge in [-0.25, -0.2) is 4.98 Å². The topological polar surface area (TPSA) is 102 Å². The number of aromatic nitrogens is 2. The average molecular weight is 474 g/mol. The van der Waals surface area contributed by atoms with E-state index in [1.165, 1.54) is 5.56 Å². The molecule has 1 aromatic heterocycles. The van der Waals surface area contributed by atoms with E-state index in [0.717, 1.165) is 69.4 Å². The van der Waals surface area contributed by atoms with Gasteiger partial charge >= 0.3 is 0 Å². The summed E-state index contributed by atoms with van der Waals surface area (Å²) < 4.78 is 6.11. The predicted octanol–water partition coefficient (Wildman–Crippen LogP) is 6.89. The van der Waals surface area contributed by atoms with Crippen LogP contribution in [0.2, 0.25) is 0 Å². The van der Waals surface area contributed by atoms with Crippen LogP contribution in [-0.4, -0.2) is 15.7 Å². The molecule has 0 bridgehead atoms. The molecule has 2 heterocycles. The summed E-state index contributed by atoms with van der Waals surface area (Å²) in [6.07, 6.45) is 2.02. The monoisotopic (exact) mass is 473 g/mol. The fraction of sp³-hybridized carbons (Fsp3) is 0.133. The number of nitrogens with zero attached hydrogens (tertiary/aromatic N) is 2. The predicted molar refractivity (Wildman–Crippen MR) is 147 cm³/mol. The number of aryl methyl sites for hydroxylation is 1. The first-order valence-corrected chi connectivity index (χ1v) is 12.1. The van der Waals surface area contributed by atoms with E-state index in [1.807, 2.05) is 72.8 Å². The van der Waals surface area contributed by atoms with Crippen LogP contribution in [0, 0.1) is 5.92 Å². The second-order valence-corrected chi connectivity index (χ2v) is 9.34. The van der Waals surface area contributed by atoms with E-state index in [4.69, 9.17) is 21.2 Å². The zero-order valence-electron chi connectivity index (χ0n) is 20.0. The van der Waals surface area contributed by atoms with Crippen LogP contribution >= 0.6 is 0 Å². The molecule has 0 saturated carbocycles. The number of benzene rings is 4. The van der Waals surface area contributed by atoms with Crippen LogP contribution in [0.4, 0.5) is 17.1 Å². The summed E-state index contributed by atoms with van der Waals surface area (Å²) in [5, 5.41) is 0. The van der Waals surface area contributed by atoms with Crippen molar-refractivity contribution in [3.63, 3.8) is 0 Å². The molecule has 1 aliphatic heterocycles. The molecule has 36 heavy (non-hydrogen) atoms. The Morgan fingerprint density at radius 3 is 2.22 bits per heavy atom. The molecule has 0 amide bonds. The molecular formula is C30H27N5O. The van der Waals surface area contributed by atoms with Gasteiger partial charge in [0.25, 0.3) is 0 Å². The van der Waals surface area contributed by atoms with Gasteiger partial charge in [0.1, 0.15) is 17.3 Å². The van der Waals surface area contributed by atoms with E-state index in [1.54, 1.807) is 0 Å². The second kappa shape index (κ2) is 8.89. The van der Waals surface area contributed by atoms with E-state index < -0.39 is 0 Å². The van der Waals surface area contributed by atoms with Crippen molar-refractivity contribution in [1.29, 1.82) is 0 Å². The Balaban J connectivity index is 1.19. The average Bonchev–Trinajstić information content (AvgIpc) is 3.23. The Morgan fingerprint density at radius 2 is 1.47 bits per heavy atom. The number of ether oxygens (including phenoxy) is 1. The number of hydrogen-bond acceptors (Lipinski definition) is 5. The van der Waals surface area contributed by atoms with Crippen LogP contribution in [0.15, 0.2) is 89.9 Å². The smallest absolute Gasteiger partial charge is 0.138 e. The van der Waals surface area contributed by atoms with Crippen molar-refractivity contribution < 1.29 is 4.74 Å². The Labute approximate surface area is 209 Å². The lowest BCUT2D eigenvalue weighted by molar-refractivity contribution is 0.482. The third-order valence-corrected chi connectivity index (χ3v) is 6.68. The second-order valence-electron chi connectivity index (χ2n) is 9.34. The molecule has 0 radical (unpaired) electrons. The van der Waals surface area contributed by atoms with Crippen molar-refractivity contribution >= 4 is 33.8 Å². The van der Waals surface area contributed by atoms with Crippen molar-refractivity contribution in [1.82, 2.24) is 9.97 Å². The van der Waals surface area contributed by atoms with Gasteiger partial charge in [0.2, 0.25) is 0 Å². The fourth-order valence-corrected chi connectivity index (χ4v) is 4.69. The van der Waals surface area contributed by atoms with Gasteiger partial charge in [-0.15, -0.1) is 0 Å². The fourth-order valence-electron chi connectivity index (χ4n) is 4.69. The molecule has 1 unspecified atom stereocenters. The number of H-pyrrole nitrogens is 1. The molecule has 0 aliphatic carbocycles. The molecule has 0 fully saturated rings. The van der Waals surface area contributed by atoms with E-state index in [0.29, 0.717) is 11.6 Å². The Bertz CT molecular complexity index is 1580. The van der Waals surface area contributed by atoms with E-state index in [9.17, 15) is 0 Å². The zero-order valence-corrected chi connectivity index (χ0v) is 20.0. The Morgan fingerprint density at radius 1 is 0.806 bits per heavy atom. The summed E-state index contributed by atoms with van der Waals surface area (Å²) in [6, 6.07) is 27.7. The van der Waals surface area contributed by atoms with E-state index in [-0.39, 0.29) is 0 Å². The molecule has 1 atom stereocenters. The molecule has 5 N–H and O–H groups in total. The number of hydrogen-bond donors (Lipinski definition) is 3. The minimum absolute atomic E-state index is 0.354. The van der Waals surface area contributed by atoms with Gasteiger partial charge in [-0.2, -0.15) is 0 Å². The highest BCUT2D eigenvalue weighted by molar-refractivity contribution is 6.04. The number of aliphatic imine (C=N–C) groups is 1. The van der Waals surface area contributed by atoms with Crippen LogP contribution in [-0.2, 0) is 6.42 Å². The van der Waals surface area contributed by atoms with Crippen molar-refractivity contribution in [2.24, 2.45) is 10.9 Å². The van der Waals surface area contributed by atoms with Gasteiger partial charge in [-0.3, -0.25) is 4.99 Å². The number of anilines is 2. The first kappa shape index (κ1) is 21.9. The maximum Gasteiger partial charge on any atom is 0.138 e. The standard InChI is InChI=1S/C30H27N5O/c1-18-2-3-21-16-22(31)8-14-26(21)33-29(18)19-4-10-24(11-5-19)36-25-12-6-20(7-13-25)30-34-27-15-9-23(32)17-28(27)35-30/h4-18H,2-3,31-32H2,1H3,(H,34,35). The molecule has 5 aromatic rings. The number of nitrogen functional groups attached to an aromatic ring is 2. The third kappa shape index (κ3) is 4.29. The lowest BCUT2D eigenvalue weighted by atomic mass is 9.93. The number of rotatable bonds is 4. The maximum atomic E-state index is 6.11. The SMILES string of the molecule is CC1CCc2cc(N)ccc2N=C1c1ccc(Oc2ccc(-c3nc4ccc(N)cc4[nH]3)cc2)cc1. The largest absolute Gasteiger partial charge is 0.457 e. The summed E-state index contributed by atoms with van der Waals surface area (Å²) in [6.45, 7) is 2.23. The molecule has 1 aliphatic rings. The molecule has 0 spiro atoms. The minimum Gasteiger partial charge on any atom is -0.457 e. The summed E-state index contributed by atoms with van der Waals surface area (Å²) >= 11 is 0. The van der Waals surface area contributed by atoms with Crippen LogP contribution in [0.25, 0.3) is 22.4 Å². The highest BCUT2D eigenvalue weighted by Crippen LogP contribution is 2.32. The normalized spacial score (nSPS) is 15.2. The van der Waals surface area contributed by atoms with Crippen molar-refractivity contribution in [3.05, 3.63) is 96.1 Å². The first-order chi connectivity index (χ1) is 17.5. The molecule has 178 valence electrons. The molecule has 4 aromatic carbocycles. The number of nitrogens with one attached hydrogen (secondary N) is 1. The molecule has 6 heteroatoms. The van der Waals surface area contributed by atoms with Gasteiger partial charge in [-0.05, 0) is 115 Å². The number of imidazole rings is 1. The van der Waals surface area contributed by atoms with Gasteiger partial charge in [0.05, 0.1) is 22.4 Å². The molecule has 0 saturated heterocycles. The number of aromatic amines is 1. The Kier molecular flexibility index (Phi) is 5.41. The lowest BCUT2D eigenvalue weighted by Crippen LogP contribution is -2.11. The van der Waals surface area contributed by atoms with Gasteiger partial charge in [0, 0.05) is 16.9 Å². The van der Waals surface area contributed by atoms with Gasteiger partial charge < -0.3 is 21.2 Å². The molecule has 6 nitrogen and oxygen atoms in total. The summed E-state index contributed by atoms with van der Waals surface area (Å²) in [4.78, 5) is 13.0. The summed E-state index contributed by atoms with van der Waals surface area (Å²) in [5.74, 6) is 2.70. The molecule has 6 rings (SSSR count). The van der Waals surface area contributed by atoms with E-state index in [2.05, 4.69) is 29.0 Å². The van der Waals surface area contributed by atoms with Crippen LogP contribution in [0.1, 0.15) is 24.5 Å². The summed E-state index contributed by atoms with van der Waals surface area (Å²) in [7, 11) is 0. The number of fused-ring (bicyclic) bond motifs is 2. The molecular weight excluding hydrogens is 446 g/mol. The highest BCUT2D eigenvalue weighted by Gasteiger charge is 2.19. The lowest BCUT2D eigenvalue weighted by Gasteiger charge is -2.13. The van der Waals surface area contributed by atoms with Gasteiger partial charge in [0.15, 0.2) is 0 Å². The third-order valence-electron chi connectivity index (χ3n) is 6.68. The van der Waals surface area contributed by atoms with Crippen LogP contribution in [0.3, 0.4) is 0 Å². The van der Waals surface area contributed by atoms with Crippen molar-refractivity contribution in [2.45, 2.75) is 19.8 Å². The first-order valence-electron chi connectivity index (χ1n) is 12.1. The van der Waals surface area contributed by atoms with Crippen molar-refractivity contribution in [2.75, 3.05) is 11.5 Å². The maximum absolute atomic E-state index is 6.11. The Hall–Kier alpha value is -4.58.